The molecule has 1 heterocycles. The summed E-state index contributed by atoms with van der Waals surface area (Å²) in [5, 5.41) is 11.2. The molecule has 0 radical (unpaired) electrons. The molecule has 164 valence electrons. The monoisotopic (exact) mass is 425 g/mol. The van der Waals surface area contributed by atoms with Gasteiger partial charge in [-0.25, -0.2) is 0 Å². The molecule has 1 saturated heterocycles. The van der Waals surface area contributed by atoms with Gasteiger partial charge in [0.05, 0.1) is 53.0 Å². The number of benzene rings is 2. The fraction of sp³-hybridized carbons (Fsp3) is 0.333. The normalized spacial score (nSPS) is 18.0. The Morgan fingerprint density at radius 1 is 1.10 bits per heavy atom. The quantitative estimate of drug-likeness (QED) is 0.400. The number of aliphatic hydroxyl groups is 1. The lowest BCUT2D eigenvalue weighted by Gasteiger charge is -2.26. The molecular formula is C24H29N2O5+. The van der Waals surface area contributed by atoms with Crippen LogP contribution >= 0.6 is 0 Å². The molecule has 31 heavy (non-hydrogen) atoms. The van der Waals surface area contributed by atoms with Crippen LogP contribution in [0.5, 0.6) is 11.5 Å². The van der Waals surface area contributed by atoms with Crippen LogP contribution in [0.1, 0.15) is 22.7 Å². The third-order valence-electron chi connectivity index (χ3n) is 5.51. The summed E-state index contributed by atoms with van der Waals surface area (Å²) in [6, 6.07) is 11.7. The number of methoxy groups -OCH3 is 2. The average molecular weight is 426 g/mol. The molecule has 7 nitrogen and oxygen atoms in total. The van der Waals surface area contributed by atoms with Crippen LogP contribution in [0, 0.1) is 6.92 Å². The van der Waals surface area contributed by atoms with Crippen LogP contribution in [0.4, 0.5) is 0 Å². The first-order valence-electron chi connectivity index (χ1n) is 10.2. The molecule has 1 aliphatic rings. The summed E-state index contributed by atoms with van der Waals surface area (Å²) >= 11 is 0. The first kappa shape index (κ1) is 22.4. The fourth-order valence-electron chi connectivity index (χ4n) is 3.84. The maximum absolute atomic E-state index is 13.1. The van der Waals surface area contributed by atoms with Gasteiger partial charge in [-0.15, -0.1) is 0 Å². The van der Waals surface area contributed by atoms with Gasteiger partial charge in [-0.1, -0.05) is 18.2 Å². The maximum atomic E-state index is 13.1. The van der Waals surface area contributed by atoms with E-state index in [-0.39, 0.29) is 11.3 Å². The Hall–Kier alpha value is -3.32. The number of carbonyl (C=O) groups is 2. The molecule has 3 rings (SSSR count). The molecule has 1 amide bonds. The van der Waals surface area contributed by atoms with Gasteiger partial charge in [-0.3, -0.25) is 9.59 Å². The van der Waals surface area contributed by atoms with Crippen LogP contribution in [-0.2, 0) is 9.59 Å². The van der Waals surface area contributed by atoms with Crippen molar-refractivity contribution >= 4 is 17.4 Å². The van der Waals surface area contributed by atoms with Crippen molar-refractivity contribution in [3.63, 3.8) is 0 Å². The summed E-state index contributed by atoms with van der Waals surface area (Å²) in [7, 11) is 7.07. The zero-order valence-corrected chi connectivity index (χ0v) is 18.6. The number of ether oxygens (including phenoxy) is 2. The molecule has 1 aliphatic heterocycles. The third kappa shape index (κ3) is 4.27. The van der Waals surface area contributed by atoms with Gasteiger partial charge in [0.15, 0.2) is 0 Å². The summed E-state index contributed by atoms with van der Waals surface area (Å²) in [6.45, 7) is 2.84. The molecule has 1 fully saturated rings. The summed E-state index contributed by atoms with van der Waals surface area (Å²) in [4.78, 5) is 28.8. The lowest BCUT2D eigenvalue weighted by molar-refractivity contribution is -0.857. The summed E-state index contributed by atoms with van der Waals surface area (Å²) in [6.07, 6.45) is 0. The number of likely N-dealkylation sites (N-methyl/N-ethyl adjacent to an activating group) is 1. The molecule has 0 aromatic heterocycles. The Morgan fingerprint density at radius 2 is 1.81 bits per heavy atom. The number of carbonyl (C=O) groups excluding carboxylic acids is 2. The van der Waals surface area contributed by atoms with Gasteiger partial charge >= 0.3 is 0 Å². The first-order chi connectivity index (χ1) is 14.8. The van der Waals surface area contributed by atoms with E-state index in [1.807, 2.05) is 39.2 Å². The molecular weight excluding hydrogens is 396 g/mol. The highest BCUT2D eigenvalue weighted by atomic mass is 16.5. The number of quaternary nitrogens is 1. The number of hydrogen-bond acceptors (Lipinski definition) is 5. The van der Waals surface area contributed by atoms with Crippen LogP contribution < -0.4 is 14.4 Å². The fourth-order valence-corrected chi connectivity index (χ4v) is 3.84. The van der Waals surface area contributed by atoms with E-state index in [0.717, 1.165) is 10.5 Å². The largest absolute Gasteiger partial charge is 0.507 e. The molecule has 0 bridgehead atoms. The highest BCUT2D eigenvalue weighted by molar-refractivity contribution is 6.46. The Labute approximate surface area is 182 Å². The van der Waals surface area contributed by atoms with Crippen molar-refractivity contribution in [1.82, 2.24) is 4.90 Å². The van der Waals surface area contributed by atoms with E-state index >= 15 is 0 Å². The van der Waals surface area contributed by atoms with Gasteiger partial charge in [0.1, 0.15) is 17.3 Å². The predicted octanol–water partition coefficient (Wildman–Crippen LogP) is 1.58. The number of ketones is 1. The molecule has 0 spiro atoms. The molecule has 2 aromatic rings. The molecule has 7 heteroatoms. The van der Waals surface area contributed by atoms with Gasteiger partial charge in [0, 0.05) is 11.1 Å². The van der Waals surface area contributed by atoms with Gasteiger partial charge in [-0.2, -0.15) is 0 Å². The van der Waals surface area contributed by atoms with Gasteiger partial charge in [0.2, 0.25) is 0 Å². The van der Waals surface area contributed by atoms with Crippen molar-refractivity contribution in [2.24, 2.45) is 0 Å². The van der Waals surface area contributed by atoms with E-state index in [0.29, 0.717) is 35.7 Å². The van der Waals surface area contributed by atoms with Crippen LogP contribution in [-0.4, -0.2) is 63.1 Å². The zero-order valence-electron chi connectivity index (χ0n) is 18.6. The van der Waals surface area contributed by atoms with Crippen molar-refractivity contribution < 1.29 is 29.1 Å². The molecule has 1 unspecified atom stereocenters. The van der Waals surface area contributed by atoms with E-state index < -0.39 is 17.7 Å². The number of Topliss-reactive ketones (excluding diaryl/α,β-unsaturated/α-hetero) is 1. The van der Waals surface area contributed by atoms with Crippen molar-refractivity contribution in [3.05, 3.63) is 64.7 Å². The second kappa shape index (κ2) is 9.22. The smallest absolute Gasteiger partial charge is 0.295 e. The van der Waals surface area contributed by atoms with Crippen molar-refractivity contribution in [1.29, 1.82) is 0 Å². The Kier molecular flexibility index (Phi) is 6.65. The van der Waals surface area contributed by atoms with E-state index in [9.17, 15) is 14.7 Å². The SMILES string of the molecule is COc1ccc(C(O)=C2C(=O)C(=O)N(CC[NH+](C)C)C2c2ccccc2OC)c(C)c1. The van der Waals surface area contributed by atoms with Gasteiger partial charge in [-0.05, 0) is 36.8 Å². The van der Waals surface area contributed by atoms with E-state index in [2.05, 4.69) is 0 Å². The number of nitrogens with zero attached hydrogens (tertiary/aromatic N) is 1. The lowest BCUT2D eigenvalue weighted by atomic mass is 9.93. The van der Waals surface area contributed by atoms with Crippen LogP contribution in [0.25, 0.3) is 5.76 Å². The van der Waals surface area contributed by atoms with Crippen molar-refractivity contribution in [2.75, 3.05) is 41.4 Å². The number of rotatable bonds is 7. The highest BCUT2D eigenvalue weighted by Crippen LogP contribution is 2.42. The lowest BCUT2D eigenvalue weighted by Crippen LogP contribution is -3.06. The molecule has 2 N–H and O–H groups in total. The topological polar surface area (TPSA) is 80.5 Å². The minimum Gasteiger partial charge on any atom is -0.507 e. The zero-order chi connectivity index (χ0) is 22.7. The molecule has 1 atom stereocenters. The standard InChI is InChI=1S/C24H28N2O5/c1-15-14-16(30-4)10-11-17(15)22(27)20-21(18-8-6-7-9-19(18)31-5)26(13-12-25(2)3)24(29)23(20)28/h6-11,14,21,27H,12-13H2,1-5H3/p+1. The number of nitrogens with one attached hydrogen (secondary N) is 1. The maximum Gasteiger partial charge on any atom is 0.295 e. The third-order valence-corrected chi connectivity index (χ3v) is 5.51. The molecule has 0 saturated carbocycles. The summed E-state index contributed by atoms with van der Waals surface area (Å²) < 4.78 is 10.8. The summed E-state index contributed by atoms with van der Waals surface area (Å²) in [5.41, 5.74) is 1.94. The number of aliphatic hydroxyl groups excluding tert-OH is 1. The number of likely N-dealkylation sites (tertiary alicyclic amines) is 1. The van der Waals surface area contributed by atoms with Crippen molar-refractivity contribution in [2.45, 2.75) is 13.0 Å². The van der Waals surface area contributed by atoms with E-state index in [1.165, 1.54) is 4.90 Å². The number of amides is 1. The predicted molar refractivity (Wildman–Crippen MR) is 117 cm³/mol. The summed E-state index contributed by atoms with van der Waals surface area (Å²) in [5.74, 6) is -0.324. The van der Waals surface area contributed by atoms with Gasteiger partial charge < -0.3 is 24.4 Å². The second-order valence-electron chi connectivity index (χ2n) is 7.87. The second-order valence-corrected chi connectivity index (χ2v) is 7.87. The number of para-hydroxylation sites is 1. The average Bonchev–Trinajstić information content (AvgIpc) is 3.01. The van der Waals surface area contributed by atoms with Crippen LogP contribution in [0.2, 0.25) is 0 Å². The van der Waals surface area contributed by atoms with Crippen LogP contribution in [0.3, 0.4) is 0 Å². The highest BCUT2D eigenvalue weighted by Gasteiger charge is 2.47. The first-order valence-corrected chi connectivity index (χ1v) is 10.2. The molecule has 2 aromatic carbocycles. The minimum absolute atomic E-state index is 0.0662. The Morgan fingerprint density at radius 3 is 2.42 bits per heavy atom. The Balaban J connectivity index is 2.21. The van der Waals surface area contributed by atoms with Gasteiger partial charge in [0.25, 0.3) is 11.7 Å². The molecule has 0 aliphatic carbocycles. The Bertz CT molecular complexity index is 1030. The van der Waals surface area contributed by atoms with Crippen LogP contribution in [0.15, 0.2) is 48.0 Å². The van der Waals surface area contributed by atoms with E-state index in [1.54, 1.807) is 38.5 Å². The number of hydrogen-bond donors (Lipinski definition) is 2. The number of aryl methyl sites for hydroxylation is 1. The van der Waals surface area contributed by atoms with Crippen molar-refractivity contribution in [3.8, 4) is 11.5 Å². The van der Waals surface area contributed by atoms with E-state index in [4.69, 9.17) is 9.47 Å². The minimum atomic E-state index is -0.739.